The average Bonchev–Trinajstić information content (AvgIpc) is 3.07. The van der Waals surface area contributed by atoms with E-state index in [9.17, 15) is 13.2 Å². The van der Waals surface area contributed by atoms with Gasteiger partial charge in [-0.15, -0.1) is 0 Å². The first-order valence-electron chi connectivity index (χ1n) is 10.2. The first-order valence-corrected chi connectivity index (χ1v) is 12.5. The van der Waals surface area contributed by atoms with Crippen molar-refractivity contribution in [2.24, 2.45) is 7.05 Å². The highest BCUT2D eigenvalue weighted by molar-refractivity contribution is 7.89. The molecule has 4 aromatic rings. The molecule has 33 heavy (non-hydrogen) atoms. The van der Waals surface area contributed by atoms with Crippen molar-refractivity contribution in [2.75, 3.05) is 11.9 Å². The van der Waals surface area contributed by atoms with Gasteiger partial charge in [-0.2, -0.15) is 0 Å². The van der Waals surface area contributed by atoms with Crippen molar-refractivity contribution in [3.8, 4) is 10.6 Å². The molecule has 0 aliphatic heterocycles. The maximum Gasteiger partial charge on any atom is 0.307 e. The van der Waals surface area contributed by atoms with E-state index < -0.39 is 10.0 Å². The quantitative estimate of drug-likeness (QED) is 0.399. The summed E-state index contributed by atoms with van der Waals surface area (Å²) in [6, 6.07) is 17.9. The number of anilines is 2. The monoisotopic (exact) mass is 481 g/mol. The standard InChI is InChI=1S/C23H23N5O3S2/c1-16-21(32-23(29)28(16)2)20-12-13-24-22(27-20)26-18-9-6-10-19(15-18)33(30,31)25-14-11-17-7-4-3-5-8-17/h3-10,12-13,15,25H,11,14H2,1-2H3,(H,24,26,27). The molecule has 2 aromatic heterocycles. The van der Waals surface area contributed by atoms with E-state index in [2.05, 4.69) is 20.0 Å². The van der Waals surface area contributed by atoms with Crippen LogP contribution in [0.25, 0.3) is 10.6 Å². The molecule has 0 radical (unpaired) electrons. The predicted molar refractivity (Wildman–Crippen MR) is 130 cm³/mol. The molecular formula is C23H23N5O3S2. The topological polar surface area (TPSA) is 106 Å². The Bertz CT molecular complexity index is 1430. The highest BCUT2D eigenvalue weighted by Crippen LogP contribution is 2.25. The lowest BCUT2D eigenvalue weighted by Gasteiger charge is -2.10. The smallest absolute Gasteiger partial charge is 0.307 e. The minimum Gasteiger partial charge on any atom is -0.324 e. The summed E-state index contributed by atoms with van der Waals surface area (Å²) < 4.78 is 29.7. The van der Waals surface area contributed by atoms with Gasteiger partial charge in [0.15, 0.2) is 0 Å². The zero-order valence-corrected chi connectivity index (χ0v) is 19.8. The van der Waals surface area contributed by atoms with Crippen molar-refractivity contribution < 1.29 is 8.42 Å². The minimum atomic E-state index is -3.67. The first kappa shape index (κ1) is 22.8. The molecule has 2 heterocycles. The molecule has 2 N–H and O–H groups in total. The van der Waals surface area contributed by atoms with Crippen LogP contribution in [0, 0.1) is 6.92 Å². The lowest BCUT2D eigenvalue weighted by atomic mass is 10.2. The number of benzene rings is 2. The molecule has 0 saturated heterocycles. The Labute approximate surface area is 196 Å². The van der Waals surface area contributed by atoms with Gasteiger partial charge in [0, 0.05) is 31.2 Å². The number of thiazole rings is 1. The van der Waals surface area contributed by atoms with Crippen molar-refractivity contribution in [1.82, 2.24) is 19.3 Å². The second-order valence-corrected chi connectivity index (χ2v) is 10.1. The van der Waals surface area contributed by atoms with Crippen LogP contribution in [0.2, 0.25) is 0 Å². The third-order valence-electron chi connectivity index (χ3n) is 5.13. The molecule has 0 amide bonds. The molecule has 0 unspecified atom stereocenters. The van der Waals surface area contributed by atoms with E-state index in [-0.39, 0.29) is 9.77 Å². The molecule has 170 valence electrons. The number of nitrogens with one attached hydrogen (secondary N) is 2. The summed E-state index contributed by atoms with van der Waals surface area (Å²) >= 11 is 1.12. The summed E-state index contributed by atoms with van der Waals surface area (Å²) in [5, 5.41) is 3.05. The SMILES string of the molecule is Cc1c(-c2ccnc(Nc3cccc(S(=O)(=O)NCCc4ccccc4)c3)n2)sc(=O)n1C. The van der Waals surface area contributed by atoms with E-state index in [4.69, 9.17) is 0 Å². The van der Waals surface area contributed by atoms with Gasteiger partial charge < -0.3 is 9.88 Å². The van der Waals surface area contributed by atoms with Gasteiger partial charge in [0.2, 0.25) is 16.0 Å². The van der Waals surface area contributed by atoms with Gasteiger partial charge in [-0.05, 0) is 43.2 Å². The van der Waals surface area contributed by atoms with Gasteiger partial charge in [-0.25, -0.2) is 23.1 Å². The Morgan fingerprint density at radius 3 is 2.58 bits per heavy atom. The molecule has 0 saturated carbocycles. The number of sulfonamides is 1. The Morgan fingerprint density at radius 1 is 1.06 bits per heavy atom. The largest absolute Gasteiger partial charge is 0.324 e. The van der Waals surface area contributed by atoms with Gasteiger partial charge >= 0.3 is 4.87 Å². The van der Waals surface area contributed by atoms with E-state index in [1.165, 1.54) is 12.1 Å². The van der Waals surface area contributed by atoms with E-state index in [0.29, 0.717) is 30.3 Å². The highest BCUT2D eigenvalue weighted by atomic mass is 32.2. The van der Waals surface area contributed by atoms with Crippen LogP contribution in [-0.2, 0) is 23.5 Å². The molecule has 8 nitrogen and oxygen atoms in total. The van der Waals surface area contributed by atoms with Crippen LogP contribution in [-0.4, -0.2) is 29.5 Å². The van der Waals surface area contributed by atoms with Gasteiger partial charge in [-0.1, -0.05) is 47.7 Å². The molecular weight excluding hydrogens is 458 g/mol. The maximum absolute atomic E-state index is 12.7. The molecule has 0 fully saturated rings. The highest BCUT2D eigenvalue weighted by Gasteiger charge is 2.15. The van der Waals surface area contributed by atoms with Crippen molar-refractivity contribution in [3.05, 3.63) is 87.8 Å². The molecule has 0 bridgehead atoms. The summed E-state index contributed by atoms with van der Waals surface area (Å²) in [5.74, 6) is 0.307. The molecule has 0 aliphatic rings. The fourth-order valence-corrected chi connectivity index (χ4v) is 5.26. The molecule has 10 heteroatoms. The molecule has 0 atom stereocenters. The third-order valence-corrected chi connectivity index (χ3v) is 7.75. The number of aromatic nitrogens is 3. The molecule has 4 rings (SSSR count). The van der Waals surface area contributed by atoms with Crippen LogP contribution in [0.5, 0.6) is 0 Å². The zero-order valence-electron chi connectivity index (χ0n) is 18.1. The van der Waals surface area contributed by atoms with E-state index in [1.807, 2.05) is 37.3 Å². The third kappa shape index (κ3) is 5.36. The normalized spacial score (nSPS) is 11.5. The van der Waals surface area contributed by atoms with Crippen molar-refractivity contribution >= 4 is 33.0 Å². The van der Waals surface area contributed by atoms with Crippen LogP contribution < -0.4 is 14.9 Å². The van der Waals surface area contributed by atoms with Crippen molar-refractivity contribution in [3.63, 3.8) is 0 Å². The van der Waals surface area contributed by atoms with Gasteiger partial charge in [0.25, 0.3) is 0 Å². The Hall–Kier alpha value is -3.34. The maximum atomic E-state index is 12.7. The fraction of sp³-hybridized carbons (Fsp3) is 0.174. The summed E-state index contributed by atoms with van der Waals surface area (Å²) in [5.41, 5.74) is 3.05. The number of rotatable bonds is 8. The summed E-state index contributed by atoms with van der Waals surface area (Å²) in [6.07, 6.45) is 2.20. The van der Waals surface area contributed by atoms with Gasteiger partial charge in [0.1, 0.15) is 0 Å². The summed E-state index contributed by atoms with van der Waals surface area (Å²) in [4.78, 5) is 21.5. The Morgan fingerprint density at radius 2 is 1.85 bits per heavy atom. The lowest BCUT2D eigenvalue weighted by molar-refractivity contribution is 0.581. The number of nitrogens with zero attached hydrogens (tertiary/aromatic N) is 3. The van der Waals surface area contributed by atoms with Crippen LogP contribution in [0.4, 0.5) is 11.6 Å². The van der Waals surface area contributed by atoms with Gasteiger partial charge in [0.05, 0.1) is 15.5 Å². The van der Waals surface area contributed by atoms with Gasteiger partial charge in [-0.3, -0.25) is 4.79 Å². The Kier molecular flexibility index (Phi) is 6.68. The Balaban J connectivity index is 1.49. The number of hydrogen-bond acceptors (Lipinski definition) is 7. The minimum absolute atomic E-state index is 0.0618. The summed E-state index contributed by atoms with van der Waals surface area (Å²) in [6.45, 7) is 2.16. The molecule has 0 aliphatic carbocycles. The van der Waals surface area contributed by atoms with Crippen LogP contribution >= 0.6 is 11.3 Å². The van der Waals surface area contributed by atoms with E-state index >= 15 is 0 Å². The van der Waals surface area contributed by atoms with Crippen LogP contribution in [0.3, 0.4) is 0 Å². The second kappa shape index (κ2) is 9.65. The fourth-order valence-electron chi connectivity index (χ4n) is 3.23. The van der Waals surface area contributed by atoms with E-state index in [1.54, 1.807) is 36.0 Å². The summed E-state index contributed by atoms with van der Waals surface area (Å²) in [7, 11) is -1.95. The predicted octanol–water partition coefficient (Wildman–Crippen LogP) is 3.48. The average molecular weight is 482 g/mol. The lowest BCUT2D eigenvalue weighted by Crippen LogP contribution is -2.26. The van der Waals surface area contributed by atoms with Crippen molar-refractivity contribution in [1.29, 1.82) is 0 Å². The second-order valence-electron chi connectivity index (χ2n) is 7.39. The van der Waals surface area contributed by atoms with Crippen LogP contribution in [0.1, 0.15) is 11.3 Å². The number of hydrogen-bond donors (Lipinski definition) is 2. The van der Waals surface area contributed by atoms with Crippen LogP contribution in [0.15, 0.2) is 76.6 Å². The van der Waals surface area contributed by atoms with Crippen molar-refractivity contribution in [2.45, 2.75) is 18.2 Å². The zero-order chi connectivity index (χ0) is 23.4. The first-order chi connectivity index (χ1) is 15.8. The molecule has 2 aromatic carbocycles. The van der Waals surface area contributed by atoms with E-state index in [0.717, 1.165) is 27.5 Å². The molecule has 0 spiro atoms.